The van der Waals surface area contributed by atoms with E-state index in [4.69, 9.17) is 16.3 Å². The highest BCUT2D eigenvalue weighted by Gasteiger charge is 2.42. The van der Waals surface area contributed by atoms with Crippen LogP contribution in [-0.4, -0.2) is 35.2 Å². The minimum atomic E-state index is -0.845. The number of nitrogens with zero attached hydrogens (tertiary/aromatic N) is 3. The number of hydrogen-bond acceptors (Lipinski definition) is 7. The lowest BCUT2D eigenvalue weighted by molar-refractivity contribution is -0.385. The lowest BCUT2D eigenvalue weighted by Crippen LogP contribution is -2.29. The van der Waals surface area contributed by atoms with Crippen LogP contribution in [0.25, 0.3) is 0 Å². The number of nitro groups is 1. The molecule has 2 aliphatic heterocycles. The van der Waals surface area contributed by atoms with Crippen LogP contribution in [0.5, 0.6) is 5.75 Å². The van der Waals surface area contributed by atoms with Gasteiger partial charge < -0.3 is 9.64 Å². The second kappa shape index (κ2) is 8.90. The van der Waals surface area contributed by atoms with Gasteiger partial charge >= 0.3 is 5.97 Å². The summed E-state index contributed by atoms with van der Waals surface area (Å²) in [6.45, 7) is 0.0865. The lowest BCUT2D eigenvalue weighted by Gasteiger charge is -2.18. The zero-order valence-corrected chi connectivity index (χ0v) is 19.2. The van der Waals surface area contributed by atoms with Crippen molar-refractivity contribution in [1.29, 1.82) is 0 Å². The number of benzene rings is 3. The number of imide groups is 1. The summed E-state index contributed by atoms with van der Waals surface area (Å²) in [4.78, 5) is 64.0. The van der Waals surface area contributed by atoms with E-state index in [1.54, 1.807) is 24.3 Å². The summed E-state index contributed by atoms with van der Waals surface area (Å²) in [7, 11) is 0. The van der Waals surface area contributed by atoms with Crippen molar-refractivity contribution in [2.24, 2.45) is 5.92 Å². The number of fused-ring (bicyclic) bond motifs is 1. The summed E-state index contributed by atoms with van der Waals surface area (Å²) >= 11 is 6.18. The van der Waals surface area contributed by atoms with Crippen molar-refractivity contribution in [2.45, 2.75) is 6.42 Å². The molecule has 36 heavy (non-hydrogen) atoms. The molecule has 3 aromatic rings. The first kappa shape index (κ1) is 23.2. The third kappa shape index (κ3) is 3.87. The van der Waals surface area contributed by atoms with Crippen LogP contribution >= 0.6 is 11.6 Å². The van der Waals surface area contributed by atoms with Crippen molar-refractivity contribution in [2.75, 3.05) is 16.3 Å². The fraction of sp³-hybridized carbons (Fsp3) is 0.120. The fourth-order valence-electron chi connectivity index (χ4n) is 4.31. The minimum absolute atomic E-state index is 0.0483. The van der Waals surface area contributed by atoms with Gasteiger partial charge in [0.05, 0.1) is 32.8 Å². The normalized spacial score (nSPS) is 16.9. The predicted molar refractivity (Wildman–Crippen MR) is 128 cm³/mol. The molecule has 5 rings (SSSR count). The number of para-hydroxylation sites is 1. The van der Waals surface area contributed by atoms with Gasteiger partial charge in [-0.2, -0.15) is 0 Å². The molecule has 0 N–H and O–H groups in total. The Morgan fingerprint density at radius 2 is 1.75 bits per heavy atom. The maximum atomic E-state index is 12.9. The van der Waals surface area contributed by atoms with Gasteiger partial charge in [0.25, 0.3) is 17.5 Å². The molecule has 10 nitrogen and oxygen atoms in total. The quantitative estimate of drug-likeness (QED) is 0.168. The van der Waals surface area contributed by atoms with Gasteiger partial charge in [-0.15, -0.1) is 0 Å². The molecule has 1 atom stereocenters. The Labute approximate surface area is 208 Å². The van der Waals surface area contributed by atoms with Gasteiger partial charge in [-0.3, -0.25) is 29.3 Å². The van der Waals surface area contributed by atoms with Crippen LogP contribution in [0.1, 0.15) is 27.1 Å². The minimum Gasteiger partial charge on any atom is -0.426 e. The SMILES string of the molecule is O=C(Oc1cccc(N2C(=O)c3cccc([N+](=O)[O-])c3C2=O)c1)[C@@H]1CC(=O)N(c2ccccc2Cl)C1. The zero-order valence-electron chi connectivity index (χ0n) is 18.4. The Kier molecular flexibility index (Phi) is 5.73. The van der Waals surface area contributed by atoms with Crippen LogP contribution in [0.4, 0.5) is 17.1 Å². The first-order chi connectivity index (χ1) is 17.3. The lowest BCUT2D eigenvalue weighted by atomic mass is 10.1. The number of rotatable bonds is 5. The molecule has 0 aromatic heterocycles. The average Bonchev–Trinajstić information content (AvgIpc) is 3.36. The number of nitro benzene ring substituents is 1. The van der Waals surface area contributed by atoms with E-state index in [-0.39, 0.29) is 41.4 Å². The third-order valence-corrected chi connectivity index (χ3v) is 6.31. The van der Waals surface area contributed by atoms with Crippen LogP contribution in [0, 0.1) is 16.0 Å². The van der Waals surface area contributed by atoms with Crippen LogP contribution in [-0.2, 0) is 9.59 Å². The summed E-state index contributed by atoms with van der Waals surface area (Å²) in [6.07, 6.45) is -0.0637. The third-order valence-electron chi connectivity index (χ3n) is 5.99. The Hall–Kier alpha value is -4.57. The molecule has 3 amide bonds. The van der Waals surface area contributed by atoms with Gasteiger partial charge in [0.1, 0.15) is 11.3 Å². The topological polar surface area (TPSA) is 127 Å². The molecule has 3 aromatic carbocycles. The largest absolute Gasteiger partial charge is 0.426 e. The van der Waals surface area contributed by atoms with Crippen molar-refractivity contribution < 1.29 is 28.8 Å². The molecule has 0 radical (unpaired) electrons. The number of hydrogen-bond donors (Lipinski definition) is 0. The van der Waals surface area contributed by atoms with E-state index >= 15 is 0 Å². The molecule has 0 spiro atoms. The monoisotopic (exact) mass is 505 g/mol. The molecule has 0 aliphatic carbocycles. The second-order valence-corrected chi connectivity index (χ2v) is 8.58. The maximum Gasteiger partial charge on any atom is 0.316 e. The van der Waals surface area contributed by atoms with Gasteiger partial charge in [-0.25, -0.2) is 4.90 Å². The van der Waals surface area contributed by atoms with Crippen molar-refractivity contribution in [1.82, 2.24) is 0 Å². The molecule has 0 saturated carbocycles. The summed E-state index contributed by atoms with van der Waals surface area (Å²) in [6, 6.07) is 16.3. The molecule has 2 aliphatic rings. The summed E-state index contributed by atoms with van der Waals surface area (Å²) in [5.41, 5.74) is -0.258. The Balaban J connectivity index is 1.35. The van der Waals surface area contributed by atoms with Gasteiger partial charge in [-0.05, 0) is 30.3 Å². The Morgan fingerprint density at radius 3 is 2.50 bits per heavy atom. The van der Waals surface area contributed by atoms with Crippen LogP contribution in [0.3, 0.4) is 0 Å². The van der Waals surface area contributed by atoms with Crippen LogP contribution in [0.2, 0.25) is 5.02 Å². The van der Waals surface area contributed by atoms with Gasteiger partial charge in [0, 0.05) is 25.1 Å². The molecule has 2 heterocycles. The van der Waals surface area contributed by atoms with E-state index < -0.39 is 34.3 Å². The molecule has 180 valence electrons. The number of halogens is 1. The van der Waals surface area contributed by atoms with Crippen molar-refractivity contribution >= 4 is 52.4 Å². The summed E-state index contributed by atoms with van der Waals surface area (Å²) in [5.74, 6) is -3.20. The number of ether oxygens (including phenoxy) is 1. The van der Waals surface area contributed by atoms with E-state index in [1.807, 2.05) is 0 Å². The van der Waals surface area contributed by atoms with E-state index in [0.29, 0.717) is 10.7 Å². The molecule has 11 heteroatoms. The van der Waals surface area contributed by atoms with Crippen molar-refractivity contribution in [3.8, 4) is 5.75 Å². The van der Waals surface area contributed by atoms with E-state index in [9.17, 15) is 29.3 Å². The molecular formula is C25H16ClN3O7. The molecule has 1 fully saturated rings. The van der Waals surface area contributed by atoms with E-state index in [0.717, 1.165) is 11.0 Å². The average molecular weight is 506 g/mol. The first-order valence-corrected chi connectivity index (χ1v) is 11.2. The molecule has 1 saturated heterocycles. The van der Waals surface area contributed by atoms with Crippen molar-refractivity contribution in [3.05, 3.63) is 93.0 Å². The van der Waals surface area contributed by atoms with Crippen LogP contribution < -0.4 is 14.5 Å². The van der Waals surface area contributed by atoms with E-state index in [1.165, 1.54) is 41.3 Å². The smallest absolute Gasteiger partial charge is 0.316 e. The highest BCUT2D eigenvalue weighted by atomic mass is 35.5. The Bertz CT molecular complexity index is 1470. The highest BCUT2D eigenvalue weighted by Crippen LogP contribution is 2.36. The van der Waals surface area contributed by atoms with Gasteiger partial charge in [0.2, 0.25) is 5.91 Å². The number of carbonyl (C=O) groups is 4. The molecule has 0 unspecified atom stereocenters. The predicted octanol–water partition coefficient (Wildman–Crippen LogP) is 4.01. The van der Waals surface area contributed by atoms with E-state index in [2.05, 4.69) is 0 Å². The highest BCUT2D eigenvalue weighted by molar-refractivity contribution is 6.35. The van der Waals surface area contributed by atoms with Gasteiger partial charge in [0.15, 0.2) is 0 Å². The summed E-state index contributed by atoms with van der Waals surface area (Å²) in [5, 5.41) is 11.7. The van der Waals surface area contributed by atoms with Crippen molar-refractivity contribution in [3.63, 3.8) is 0 Å². The standard InChI is InChI=1S/C25H16ClN3O7/c26-18-8-1-2-9-19(18)27-13-14(11-21(27)30)25(33)36-16-6-3-5-15(12-16)28-23(31)17-7-4-10-20(29(34)35)22(17)24(28)32/h1-10,12,14H,11,13H2/t14-/m1/s1. The van der Waals surface area contributed by atoms with Gasteiger partial charge in [-0.1, -0.05) is 35.9 Å². The van der Waals surface area contributed by atoms with Crippen LogP contribution in [0.15, 0.2) is 66.7 Å². The second-order valence-electron chi connectivity index (χ2n) is 8.18. The zero-order chi connectivity index (χ0) is 25.6. The number of amides is 3. The number of carbonyl (C=O) groups excluding carboxylic acids is 4. The number of anilines is 2. The first-order valence-electron chi connectivity index (χ1n) is 10.8. The molecule has 0 bridgehead atoms. The number of esters is 1. The molecular weight excluding hydrogens is 490 g/mol. The summed E-state index contributed by atoms with van der Waals surface area (Å²) < 4.78 is 5.46. The Morgan fingerprint density at radius 1 is 1.00 bits per heavy atom. The fourth-order valence-corrected chi connectivity index (χ4v) is 4.55. The maximum absolute atomic E-state index is 12.9.